The number of hydrogen-bond donors (Lipinski definition) is 1. The van der Waals surface area contributed by atoms with Crippen molar-refractivity contribution in [1.82, 2.24) is 4.90 Å². The van der Waals surface area contributed by atoms with E-state index in [1.807, 2.05) is 6.07 Å². The van der Waals surface area contributed by atoms with Crippen LogP contribution < -0.4 is 5.73 Å². The highest BCUT2D eigenvalue weighted by molar-refractivity contribution is 7.10. The standard InChI is InChI=1S/C11H17ClN2S.ClH/c1-8-6-14(4-2-10(8)13)7-11-9(12)3-5-15-11;/h3,5,8,10H,2,4,6-7,13H2,1H3;1H. The summed E-state index contributed by atoms with van der Waals surface area (Å²) in [5, 5.41) is 2.96. The number of nitrogens with two attached hydrogens (primary N) is 1. The van der Waals surface area contributed by atoms with E-state index >= 15 is 0 Å². The average molecular weight is 281 g/mol. The van der Waals surface area contributed by atoms with Crippen molar-refractivity contribution in [1.29, 1.82) is 0 Å². The van der Waals surface area contributed by atoms with Gasteiger partial charge in [-0.1, -0.05) is 18.5 Å². The SMILES string of the molecule is CC1CN(Cc2sccc2Cl)CCC1N.Cl. The smallest absolute Gasteiger partial charge is 0.0558 e. The largest absolute Gasteiger partial charge is 0.327 e. The van der Waals surface area contributed by atoms with Crippen molar-refractivity contribution < 1.29 is 0 Å². The third-order valence-corrected chi connectivity index (χ3v) is 4.49. The van der Waals surface area contributed by atoms with Crippen LogP contribution in [0.4, 0.5) is 0 Å². The summed E-state index contributed by atoms with van der Waals surface area (Å²) < 4.78 is 0. The zero-order valence-corrected chi connectivity index (χ0v) is 11.7. The molecule has 1 fully saturated rings. The van der Waals surface area contributed by atoms with E-state index in [-0.39, 0.29) is 12.4 Å². The van der Waals surface area contributed by atoms with E-state index in [4.69, 9.17) is 17.3 Å². The number of piperidine rings is 1. The Hall–Kier alpha value is 0.200. The van der Waals surface area contributed by atoms with Crippen LogP contribution in [0, 0.1) is 5.92 Å². The lowest BCUT2D eigenvalue weighted by Crippen LogP contribution is -2.45. The molecule has 0 aliphatic carbocycles. The summed E-state index contributed by atoms with van der Waals surface area (Å²) in [7, 11) is 0. The molecular formula is C11H18Cl2N2S. The van der Waals surface area contributed by atoms with Crippen LogP contribution in [0.5, 0.6) is 0 Å². The molecule has 92 valence electrons. The van der Waals surface area contributed by atoms with Crippen LogP contribution in [-0.2, 0) is 6.54 Å². The molecule has 16 heavy (non-hydrogen) atoms. The quantitative estimate of drug-likeness (QED) is 0.903. The molecule has 0 amide bonds. The maximum Gasteiger partial charge on any atom is 0.0558 e. The molecule has 1 aromatic rings. The van der Waals surface area contributed by atoms with Crippen molar-refractivity contribution in [2.24, 2.45) is 11.7 Å². The van der Waals surface area contributed by atoms with Gasteiger partial charge < -0.3 is 5.73 Å². The second-order valence-corrected chi connectivity index (χ2v) is 5.76. The minimum atomic E-state index is 0. The maximum absolute atomic E-state index is 6.08. The van der Waals surface area contributed by atoms with Gasteiger partial charge in [-0.25, -0.2) is 0 Å². The van der Waals surface area contributed by atoms with Gasteiger partial charge in [0.1, 0.15) is 0 Å². The fourth-order valence-corrected chi connectivity index (χ4v) is 3.17. The summed E-state index contributed by atoms with van der Waals surface area (Å²) in [4.78, 5) is 3.73. The van der Waals surface area contributed by atoms with Crippen LogP contribution in [-0.4, -0.2) is 24.0 Å². The Labute approximate surface area is 112 Å². The van der Waals surface area contributed by atoms with Gasteiger partial charge in [0.15, 0.2) is 0 Å². The molecule has 2 atom stereocenters. The van der Waals surface area contributed by atoms with Gasteiger partial charge in [-0.3, -0.25) is 4.90 Å². The number of likely N-dealkylation sites (tertiary alicyclic amines) is 1. The van der Waals surface area contributed by atoms with Crippen LogP contribution in [0.25, 0.3) is 0 Å². The highest BCUT2D eigenvalue weighted by atomic mass is 35.5. The van der Waals surface area contributed by atoms with E-state index in [9.17, 15) is 0 Å². The van der Waals surface area contributed by atoms with E-state index in [0.29, 0.717) is 12.0 Å². The Kier molecular flexibility index (Phi) is 5.54. The lowest BCUT2D eigenvalue weighted by atomic mass is 9.95. The predicted molar refractivity (Wildman–Crippen MR) is 73.6 cm³/mol. The molecule has 2 heterocycles. The van der Waals surface area contributed by atoms with Crippen molar-refractivity contribution in [3.8, 4) is 0 Å². The third kappa shape index (κ3) is 3.34. The lowest BCUT2D eigenvalue weighted by Gasteiger charge is -2.34. The molecule has 2 N–H and O–H groups in total. The van der Waals surface area contributed by atoms with Crippen molar-refractivity contribution in [2.75, 3.05) is 13.1 Å². The molecule has 0 saturated carbocycles. The fourth-order valence-electron chi connectivity index (χ4n) is 2.03. The van der Waals surface area contributed by atoms with Crippen LogP contribution in [0.3, 0.4) is 0 Å². The normalized spacial score (nSPS) is 26.4. The Morgan fingerprint density at radius 2 is 2.38 bits per heavy atom. The molecule has 0 bridgehead atoms. The third-order valence-electron chi connectivity index (χ3n) is 3.11. The van der Waals surface area contributed by atoms with Crippen molar-refractivity contribution in [2.45, 2.75) is 25.9 Å². The minimum Gasteiger partial charge on any atom is -0.327 e. The first-order chi connectivity index (χ1) is 7.16. The molecule has 0 spiro atoms. The summed E-state index contributed by atoms with van der Waals surface area (Å²) in [6, 6.07) is 2.35. The first-order valence-electron chi connectivity index (χ1n) is 5.36. The Morgan fingerprint density at radius 1 is 1.62 bits per heavy atom. The highest BCUT2D eigenvalue weighted by Crippen LogP contribution is 2.25. The Bertz CT molecular complexity index is 330. The summed E-state index contributed by atoms with van der Waals surface area (Å²) in [6.07, 6.45) is 1.10. The second-order valence-electron chi connectivity index (χ2n) is 4.36. The van der Waals surface area contributed by atoms with Gasteiger partial charge in [-0.2, -0.15) is 0 Å². The molecule has 0 aromatic carbocycles. The second kappa shape index (κ2) is 6.22. The van der Waals surface area contributed by atoms with Gasteiger partial charge in [-0.05, 0) is 23.8 Å². The van der Waals surface area contributed by atoms with Gasteiger partial charge in [0, 0.05) is 30.6 Å². The van der Waals surface area contributed by atoms with Crippen molar-refractivity contribution in [3.05, 3.63) is 21.3 Å². The molecule has 2 rings (SSSR count). The van der Waals surface area contributed by atoms with Crippen LogP contribution in [0.15, 0.2) is 11.4 Å². The van der Waals surface area contributed by atoms with Crippen molar-refractivity contribution in [3.63, 3.8) is 0 Å². The van der Waals surface area contributed by atoms with E-state index in [2.05, 4.69) is 17.2 Å². The summed E-state index contributed by atoms with van der Waals surface area (Å²) in [5.74, 6) is 0.595. The fraction of sp³-hybridized carbons (Fsp3) is 0.636. The number of halogens is 2. The molecular weight excluding hydrogens is 263 g/mol. The number of rotatable bonds is 2. The first kappa shape index (κ1) is 14.3. The van der Waals surface area contributed by atoms with Crippen LogP contribution in [0.2, 0.25) is 5.02 Å². The maximum atomic E-state index is 6.08. The van der Waals surface area contributed by atoms with E-state index < -0.39 is 0 Å². The number of nitrogens with zero attached hydrogens (tertiary/aromatic N) is 1. The summed E-state index contributed by atoms with van der Waals surface area (Å²) >= 11 is 7.82. The van der Waals surface area contributed by atoms with E-state index in [1.165, 1.54) is 4.88 Å². The monoisotopic (exact) mass is 280 g/mol. The van der Waals surface area contributed by atoms with Gasteiger partial charge in [-0.15, -0.1) is 23.7 Å². The lowest BCUT2D eigenvalue weighted by molar-refractivity contribution is 0.159. The summed E-state index contributed by atoms with van der Waals surface area (Å²) in [5.41, 5.74) is 5.99. The molecule has 0 radical (unpaired) electrons. The molecule has 1 aliphatic rings. The van der Waals surface area contributed by atoms with Crippen LogP contribution >= 0.6 is 35.3 Å². The van der Waals surface area contributed by atoms with Gasteiger partial charge in [0.05, 0.1) is 5.02 Å². The molecule has 5 heteroatoms. The molecule has 2 unspecified atom stereocenters. The zero-order valence-electron chi connectivity index (χ0n) is 9.36. The Morgan fingerprint density at radius 3 is 2.94 bits per heavy atom. The number of thiophene rings is 1. The van der Waals surface area contributed by atoms with Crippen LogP contribution in [0.1, 0.15) is 18.2 Å². The topological polar surface area (TPSA) is 29.3 Å². The molecule has 1 aliphatic heterocycles. The molecule has 1 saturated heterocycles. The highest BCUT2D eigenvalue weighted by Gasteiger charge is 2.23. The predicted octanol–water partition coefficient (Wildman–Crippen LogP) is 2.99. The van der Waals surface area contributed by atoms with Gasteiger partial charge in [0.2, 0.25) is 0 Å². The summed E-state index contributed by atoms with van der Waals surface area (Å²) in [6.45, 7) is 5.40. The van der Waals surface area contributed by atoms with Gasteiger partial charge >= 0.3 is 0 Å². The zero-order chi connectivity index (χ0) is 10.8. The van der Waals surface area contributed by atoms with Crippen molar-refractivity contribution >= 4 is 35.3 Å². The molecule has 1 aromatic heterocycles. The van der Waals surface area contributed by atoms with Gasteiger partial charge in [0.25, 0.3) is 0 Å². The average Bonchev–Trinajstić information content (AvgIpc) is 2.59. The first-order valence-corrected chi connectivity index (χ1v) is 6.62. The number of hydrogen-bond acceptors (Lipinski definition) is 3. The van der Waals surface area contributed by atoms with E-state index in [1.54, 1.807) is 11.3 Å². The Balaban J connectivity index is 0.00000128. The molecule has 2 nitrogen and oxygen atoms in total. The van der Waals surface area contributed by atoms with E-state index in [0.717, 1.165) is 31.1 Å². The minimum absolute atomic E-state index is 0.